The molecule has 2 aromatic rings. The second-order valence-corrected chi connectivity index (χ2v) is 11.5. The van der Waals surface area contributed by atoms with Crippen LogP contribution in [-0.4, -0.2) is 36.9 Å². The molecule has 2 aliphatic carbocycles. The molecule has 2 bridgehead atoms. The predicted molar refractivity (Wildman–Crippen MR) is 128 cm³/mol. The monoisotopic (exact) mass is 601 g/mol. The van der Waals surface area contributed by atoms with Crippen molar-refractivity contribution in [2.24, 2.45) is 17.0 Å². The van der Waals surface area contributed by atoms with Crippen molar-refractivity contribution < 1.29 is 28.3 Å². The minimum absolute atomic E-state index is 0.111. The number of carbonyl (C=O) groups excluding carboxylic acids is 1. The lowest BCUT2D eigenvalue weighted by molar-refractivity contribution is -0.110. The summed E-state index contributed by atoms with van der Waals surface area (Å²) in [5.74, 6) is 0.469. The van der Waals surface area contributed by atoms with Crippen molar-refractivity contribution in [3.05, 3.63) is 39.3 Å². The number of nitrogens with one attached hydrogen (secondary N) is 2. The number of hydrogen-bond donors (Lipinski definition) is 4. The molecule has 176 valence electrons. The number of amides is 1. The molecule has 0 saturated heterocycles. The van der Waals surface area contributed by atoms with Crippen molar-refractivity contribution in [1.29, 1.82) is 0 Å². The molecule has 2 aliphatic rings. The number of phenols is 1. The molecule has 3 unspecified atom stereocenters. The summed E-state index contributed by atoms with van der Waals surface area (Å²) in [6.45, 7) is 0. The van der Waals surface area contributed by atoms with Crippen LogP contribution in [0.2, 0.25) is 0 Å². The largest absolute Gasteiger partial charge is 0.507 e. The van der Waals surface area contributed by atoms with Gasteiger partial charge in [-0.1, -0.05) is 11.6 Å². The Balaban J connectivity index is 1.55. The van der Waals surface area contributed by atoms with Gasteiger partial charge in [0.1, 0.15) is 22.6 Å². The van der Waals surface area contributed by atoms with Crippen LogP contribution in [0.3, 0.4) is 0 Å². The predicted octanol–water partition coefficient (Wildman–Crippen LogP) is 4.57. The average Bonchev–Trinajstić information content (AvgIpc) is 3.34. The zero-order valence-electron chi connectivity index (χ0n) is 17.2. The van der Waals surface area contributed by atoms with Crippen LogP contribution in [0, 0.1) is 11.8 Å². The minimum Gasteiger partial charge on any atom is -0.507 e. The highest BCUT2D eigenvalue weighted by molar-refractivity contribution is 9.11. The SMILES string of the molecule is O=C(/C=N/O)Nc1cc(Br)c(Oc2ccc(O)c(S(=O)(=O)NC3CC4CCC3C4)c2)c(Br)c1. The van der Waals surface area contributed by atoms with E-state index in [1.165, 1.54) is 18.2 Å². The number of halogens is 2. The van der Waals surface area contributed by atoms with Crippen molar-refractivity contribution >= 4 is 59.7 Å². The van der Waals surface area contributed by atoms with Crippen LogP contribution in [0.15, 0.2) is 49.3 Å². The highest BCUT2D eigenvalue weighted by Gasteiger charge is 2.41. The summed E-state index contributed by atoms with van der Waals surface area (Å²) in [4.78, 5) is 11.3. The van der Waals surface area contributed by atoms with Crippen molar-refractivity contribution in [2.75, 3.05) is 5.32 Å². The zero-order valence-corrected chi connectivity index (χ0v) is 21.2. The Morgan fingerprint density at radius 3 is 2.48 bits per heavy atom. The topological polar surface area (TPSA) is 137 Å². The lowest BCUT2D eigenvalue weighted by Crippen LogP contribution is -2.38. The van der Waals surface area contributed by atoms with Gasteiger partial charge in [0.25, 0.3) is 5.91 Å². The number of phenolic OH excluding ortho intramolecular Hbond substituents is 1. The molecule has 1 amide bonds. The van der Waals surface area contributed by atoms with E-state index in [2.05, 4.69) is 47.1 Å². The molecule has 0 aliphatic heterocycles. The minimum atomic E-state index is -3.94. The number of rotatable bonds is 7. The normalized spacial score (nSPS) is 22.1. The number of nitrogens with zero attached hydrogens (tertiary/aromatic N) is 1. The maximum absolute atomic E-state index is 13.0. The van der Waals surface area contributed by atoms with Gasteiger partial charge in [-0.15, -0.1) is 0 Å². The average molecular weight is 603 g/mol. The highest BCUT2D eigenvalue weighted by Crippen LogP contribution is 2.45. The first-order chi connectivity index (χ1) is 15.7. The highest BCUT2D eigenvalue weighted by atomic mass is 79.9. The van der Waals surface area contributed by atoms with Crippen molar-refractivity contribution in [1.82, 2.24) is 4.72 Å². The second-order valence-electron chi connectivity index (χ2n) is 8.14. The van der Waals surface area contributed by atoms with E-state index in [-0.39, 0.29) is 22.4 Å². The van der Waals surface area contributed by atoms with Crippen LogP contribution >= 0.6 is 31.9 Å². The standard InChI is InChI=1S/C21H21Br2N3O6S/c22-15-7-13(25-20(28)10-24-29)8-16(23)21(15)32-14-3-4-18(27)19(9-14)33(30,31)26-17-6-11-1-2-12(17)5-11/h3-4,7-12,17,26-27,29H,1-2,5-6H2,(H,25,28)/b24-10+. The summed E-state index contributed by atoms with van der Waals surface area (Å²) in [6.07, 6.45) is 4.77. The Kier molecular flexibility index (Phi) is 6.99. The van der Waals surface area contributed by atoms with E-state index in [9.17, 15) is 18.3 Å². The quantitative estimate of drug-likeness (QED) is 0.208. The first kappa shape index (κ1) is 24.0. The fraction of sp³-hybridized carbons (Fsp3) is 0.333. The number of hydrogen-bond acceptors (Lipinski definition) is 7. The van der Waals surface area contributed by atoms with E-state index >= 15 is 0 Å². The van der Waals surface area contributed by atoms with Gasteiger partial charge in [0.15, 0.2) is 5.75 Å². The molecule has 4 N–H and O–H groups in total. The molecule has 0 radical (unpaired) electrons. The van der Waals surface area contributed by atoms with Crippen LogP contribution in [0.1, 0.15) is 25.7 Å². The number of oxime groups is 1. The second kappa shape index (κ2) is 9.61. The number of benzene rings is 2. The Labute approximate surface area is 207 Å². The van der Waals surface area contributed by atoms with Gasteiger partial charge in [0, 0.05) is 17.8 Å². The van der Waals surface area contributed by atoms with Crippen LogP contribution < -0.4 is 14.8 Å². The number of carbonyl (C=O) groups is 1. The molecule has 3 atom stereocenters. The molecule has 0 spiro atoms. The summed E-state index contributed by atoms with van der Waals surface area (Å²) >= 11 is 6.73. The molecule has 2 aromatic carbocycles. The van der Waals surface area contributed by atoms with E-state index < -0.39 is 15.9 Å². The van der Waals surface area contributed by atoms with E-state index in [4.69, 9.17) is 9.94 Å². The Bertz CT molecular complexity index is 1200. The van der Waals surface area contributed by atoms with Gasteiger partial charge >= 0.3 is 0 Å². The van der Waals surface area contributed by atoms with Crippen LogP contribution in [0.4, 0.5) is 5.69 Å². The molecule has 33 heavy (non-hydrogen) atoms. The maximum Gasteiger partial charge on any atom is 0.270 e. The van der Waals surface area contributed by atoms with E-state index in [1.54, 1.807) is 12.1 Å². The summed E-state index contributed by atoms with van der Waals surface area (Å²) in [5, 5.41) is 23.9. The molecule has 12 heteroatoms. The van der Waals surface area contributed by atoms with Gasteiger partial charge in [0.05, 0.1) is 8.95 Å². The summed E-state index contributed by atoms with van der Waals surface area (Å²) in [6, 6.07) is 7.03. The third kappa shape index (κ3) is 5.34. The summed E-state index contributed by atoms with van der Waals surface area (Å²) < 4.78 is 35.6. The first-order valence-electron chi connectivity index (χ1n) is 10.2. The molecule has 9 nitrogen and oxygen atoms in total. The van der Waals surface area contributed by atoms with Crippen molar-refractivity contribution in [2.45, 2.75) is 36.6 Å². The van der Waals surface area contributed by atoms with Gasteiger partial charge in [-0.25, -0.2) is 13.1 Å². The number of sulfonamides is 1. The van der Waals surface area contributed by atoms with E-state index in [0.717, 1.165) is 31.9 Å². The Morgan fingerprint density at radius 2 is 1.88 bits per heavy atom. The number of ether oxygens (including phenoxy) is 1. The number of fused-ring (bicyclic) bond motifs is 2. The Morgan fingerprint density at radius 1 is 1.15 bits per heavy atom. The third-order valence-electron chi connectivity index (χ3n) is 5.93. The van der Waals surface area contributed by atoms with Crippen molar-refractivity contribution in [3.8, 4) is 17.2 Å². The van der Waals surface area contributed by atoms with Crippen molar-refractivity contribution in [3.63, 3.8) is 0 Å². The molecule has 0 heterocycles. The van der Waals surface area contributed by atoms with E-state index in [1.807, 2.05) is 0 Å². The van der Waals surface area contributed by atoms with Gasteiger partial charge in [0.2, 0.25) is 10.0 Å². The fourth-order valence-electron chi connectivity index (χ4n) is 4.50. The Hall–Kier alpha value is -2.15. The van der Waals surface area contributed by atoms with Gasteiger partial charge in [-0.05, 0) is 87.2 Å². The van der Waals surface area contributed by atoms with E-state index in [0.29, 0.717) is 32.2 Å². The molecule has 2 fully saturated rings. The number of anilines is 1. The maximum atomic E-state index is 13.0. The first-order valence-corrected chi connectivity index (χ1v) is 13.2. The zero-order chi connectivity index (χ0) is 23.8. The lowest BCUT2D eigenvalue weighted by atomic mass is 9.96. The fourth-order valence-corrected chi connectivity index (χ4v) is 7.28. The van der Waals surface area contributed by atoms with Gasteiger partial charge < -0.3 is 20.4 Å². The number of aromatic hydroxyl groups is 1. The summed E-state index contributed by atoms with van der Waals surface area (Å²) in [7, 11) is -3.94. The van der Waals surface area contributed by atoms with Gasteiger partial charge in [-0.2, -0.15) is 0 Å². The molecule has 0 aromatic heterocycles. The lowest BCUT2D eigenvalue weighted by Gasteiger charge is -2.23. The molecular formula is C21H21Br2N3O6S. The molecule has 4 rings (SSSR count). The molecule has 2 saturated carbocycles. The molecular weight excluding hydrogens is 582 g/mol. The summed E-state index contributed by atoms with van der Waals surface area (Å²) in [5.41, 5.74) is 0.398. The van der Waals surface area contributed by atoms with Crippen LogP contribution in [0.25, 0.3) is 0 Å². The van der Waals surface area contributed by atoms with Crippen LogP contribution in [0.5, 0.6) is 17.2 Å². The third-order valence-corrected chi connectivity index (χ3v) is 8.62. The smallest absolute Gasteiger partial charge is 0.270 e. The van der Waals surface area contributed by atoms with Crippen LogP contribution in [-0.2, 0) is 14.8 Å². The van der Waals surface area contributed by atoms with Gasteiger partial charge in [-0.3, -0.25) is 4.79 Å².